The molecule has 58 valence electrons. The van der Waals surface area contributed by atoms with E-state index in [9.17, 15) is 4.79 Å². The Morgan fingerprint density at radius 1 is 1.73 bits per heavy atom. The maximum Gasteiger partial charge on any atom is 0.257 e. The standard InChI is InChI=1S/C7H8N2OS/c8-9-7(10)2-1-6-3-4-11-5-6/h1-5H,8H2,(H,9,10)/b2-1+. The van der Waals surface area contributed by atoms with Crippen LogP contribution in [-0.4, -0.2) is 5.91 Å². The number of thiophene rings is 1. The predicted octanol–water partition coefficient (Wildman–Crippen LogP) is 0.751. The first kappa shape index (κ1) is 7.97. The molecule has 0 unspecified atom stereocenters. The van der Waals surface area contributed by atoms with Crippen LogP contribution in [0.15, 0.2) is 22.9 Å². The minimum atomic E-state index is -0.295. The molecule has 0 aliphatic heterocycles. The lowest BCUT2D eigenvalue weighted by atomic mass is 10.3. The second kappa shape index (κ2) is 3.90. The number of hydrazine groups is 1. The van der Waals surface area contributed by atoms with Gasteiger partial charge < -0.3 is 0 Å². The molecule has 1 aromatic heterocycles. The fraction of sp³-hybridized carbons (Fsp3) is 0. The molecule has 4 heteroatoms. The molecular formula is C7H8N2OS. The third kappa shape index (κ3) is 2.53. The lowest BCUT2D eigenvalue weighted by molar-refractivity contribution is -0.116. The van der Waals surface area contributed by atoms with E-state index in [0.717, 1.165) is 5.56 Å². The molecule has 1 rings (SSSR count). The molecule has 3 N–H and O–H groups in total. The molecule has 0 aliphatic carbocycles. The van der Waals surface area contributed by atoms with Crippen LogP contribution in [0.1, 0.15) is 5.56 Å². The molecule has 0 aromatic carbocycles. The first-order valence-electron chi connectivity index (χ1n) is 3.04. The third-order valence-corrected chi connectivity index (χ3v) is 1.81. The van der Waals surface area contributed by atoms with Crippen molar-refractivity contribution in [3.63, 3.8) is 0 Å². The summed E-state index contributed by atoms with van der Waals surface area (Å²) in [6, 6.07) is 1.92. The van der Waals surface area contributed by atoms with Crippen LogP contribution in [0.25, 0.3) is 6.08 Å². The van der Waals surface area contributed by atoms with Gasteiger partial charge in [-0.25, -0.2) is 5.84 Å². The minimum absolute atomic E-state index is 0.295. The smallest absolute Gasteiger partial charge is 0.257 e. The van der Waals surface area contributed by atoms with Crippen LogP contribution in [-0.2, 0) is 4.79 Å². The topological polar surface area (TPSA) is 55.1 Å². The van der Waals surface area contributed by atoms with Gasteiger partial charge in [0.1, 0.15) is 0 Å². The number of amides is 1. The second-order valence-corrected chi connectivity index (χ2v) is 2.68. The lowest BCUT2D eigenvalue weighted by Gasteiger charge is -1.87. The Labute approximate surface area is 68.5 Å². The van der Waals surface area contributed by atoms with Crippen molar-refractivity contribution in [2.75, 3.05) is 0 Å². The van der Waals surface area contributed by atoms with Crippen LogP contribution >= 0.6 is 11.3 Å². The number of nitrogens with one attached hydrogen (secondary N) is 1. The first-order valence-corrected chi connectivity index (χ1v) is 3.98. The molecule has 11 heavy (non-hydrogen) atoms. The van der Waals surface area contributed by atoms with Gasteiger partial charge in [0.15, 0.2) is 0 Å². The van der Waals surface area contributed by atoms with Gasteiger partial charge >= 0.3 is 0 Å². The van der Waals surface area contributed by atoms with Gasteiger partial charge in [0, 0.05) is 6.08 Å². The second-order valence-electron chi connectivity index (χ2n) is 1.90. The Hall–Kier alpha value is -1.13. The van der Waals surface area contributed by atoms with Gasteiger partial charge in [0.25, 0.3) is 5.91 Å². The Bertz CT molecular complexity index is 253. The van der Waals surface area contributed by atoms with E-state index in [1.54, 1.807) is 17.4 Å². The van der Waals surface area contributed by atoms with E-state index in [2.05, 4.69) is 0 Å². The summed E-state index contributed by atoms with van der Waals surface area (Å²) < 4.78 is 0. The molecule has 0 bridgehead atoms. The summed E-state index contributed by atoms with van der Waals surface area (Å²) in [5, 5.41) is 3.89. The van der Waals surface area contributed by atoms with Gasteiger partial charge in [-0.1, -0.05) is 0 Å². The van der Waals surface area contributed by atoms with E-state index in [1.807, 2.05) is 22.3 Å². The van der Waals surface area contributed by atoms with Gasteiger partial charge in [-0.3, -0.25) is 10.2 Å². The van der Waals surface area contributed by atoms with Crippen molar-refractivity contribution in [2.45, 2.75) is 0 Å². The molecule has 0 spiro atoms. The first-order chi connectivity index (χ1) is 5.33. The molecule has 1 heterocycles. The molecule has 0 saturated carbocycles. The van der Waals surface area contributed by atoms with Gasteiger partial charge in [-0.05, 0) is 28.5 Å². The van der Waals surface area contributed by atoms with Crippen LogP contribution in [0.4, 0.5) is 0 Å². The van der Waals surface area contributed by atoms with Crippen molar-refractivity contribution in [1.82, 2.24) is 5.43 Å². The fourth-order valence-electron chi connectivity index (χ4n) is 0.590. The van der Waals surface area contributed by atoms with Gasteiger partial charge in [0.05, 0.1) is 0 Å². The predicted molar refractivity (Wildman–Crippen MR) is 45.7 cm³/mol. The summed E-state index contributed by atoms with van der Waals surface area (Å²) >= 11 is 1.58. The average Bonchev–Trinajstić information content (AvgIpc) is 2.52. The monoisotopic (exact) mass is 168 g/mol. The normalized spacial score (nSPS) is 10.3. The van der Waals surface area contributed by atoms with Crippen molar-refractivity contribution in [1.29, 1.82) is 0 Å². The number of hydrogen-bond donors (Lipinski definition) is 2. The van der Waals surface area contributed by atoms with E-state index in [-0.39, 0.29) is 5.91 Å². The number of carbonyl (C=O) groups excluding carboxylic acids is 1. The summed E-state index contributed by atoms with van der Waals surface area (Å²) in [4.78, 5) is 10.6. The molecule has 1 amide bonds. The molecule has 0 saturated heterocycles. The van der Waals surface area contributed by atoms with Crippen molar-refractivity contribution in [3.8, 4) is 0 Å². The zero-order valence-electron chi connectivity index (χ0n) is 5.78. The van der Waals surface area contributed by atoms with Crippen LogP contribution < -0.4 is 11.3 Å². The summed E-state index contributed by atoms with van der Waals surface area (Å²) in [6.45, 7) is 0. The molecule has 0 aliphatic rings. The molecule has 0 radical (unpaired) electrons. The molecule has 0 fully saturated rings. The maximum absolute atomic E-state index is 10.6. The number of nitrogens with two attached hydrogens (primary N) is 1. The highest BCUT2D eigenvalue weighted by molar-refractivity contribution is 7.08. The summed E-state index contributed by atoms with van der Waals surface area (Å²) in [7, 11) is 0. The van der Waals surface area contributed by atoms with E-state index in [1.165, 1.54) is 6.08 Å². The molecular weight excluding hydrogens is 160 g/mol. The van der Waals surface area contributed by atoms with E-state index >= 15 is 0 Å². The highest BCUT2D eigenvalue weighted by Gasteiger charge is 1.89. The highest BCUT2D eigenvalue weighted by atomic mass is 32.1. The van der Waals surface area contributed by atoms with Crippen molar-refractivity contribution in [3.05, 3.63) is 28.5 Å². The van der Waals surface area contributed by atoms with Crippen LogP contribution in [0, 0.1) is 0 Å². The maximum atomic E-state index is 10.6. The number of carbonyl (C=O) groups is 1. The zero-order valence-corrected chi connectivity index (χ0v) is 6.60. The molecule has 1 aromatic rings. The lowest BCUT2D eigenvalue weighted by Crippen LogP contribution is -2.27. The Kier molecular flexibility index (Phi) is 2.83. The SMILES string of the molecule is NNC(=O)/C=C/c1ccsc1. The number of rotatable bonds is 2. The average molecular weight is 168 g/mol. The van der Waals surface area contributed by atoms with Gasteiger partial charge in [-0.15, -0.1) is 0 Å². The Balaban J connectivity index is 2.55. The summed E-state index contributed by atoms with van der Waals surface area (Å²) in [5.74, 6) is 4.57. The minimum Gasteiger partial charge on any atom is -0.291 e. The van der Waals surface area contributed by atoms with E-state index in [0.29, 0.717) is 0 Å². The van der Waals surface area contributed by atoms with E-state index in [4.69, 9.17) is 5.84 Å². The summed E-state index contributed by atoms with van der Waals surface area (Å²) in [6.07, 6.45) is 3.10. The van der Waals surface area contributed by atoms with Crippen molar-refractivity contribution in [2.24, 2.45) is 5.84 Å². The molecule has 3 nitrogen and oxygen atoms in total. The highest BCUT2D eigenvalue weighted by Crippen LogP contribution is 2.06. The van der Waals surface area contributed by atoms with Gasteiger partial charge in [0.2, 0.25) is 0 Å². The van der Waals surface area contributed by atoms with Gasteiger partial charge in [-0.2, -0.15) is 11.3 Å². The van der Waals surface area contributed by atoms with E-state index < -0.39 is 0 Å². The van der Waals surface area contributed by atoms with Crippen molar-refractivity contribution < 1.29 is 4.79 Å². The Morgan fingerprint density at radius 3 is 3.09 bits per heavy atom. The van der Waals surface area contributed by atoms with Crippen molar-refractivity contribution >= 4 is 23.3 Å². The largest absolute Gasteiger partial charge is 0.291 e. The van der Waals surface area contributed by atoms with Crippen LogP contribution in [0.3, 0.4) is 0 Å². The number of hydrogen-bond acceptors (Lipinski definition) is 3. The zero-order chi connectivity index (χ0) is 8.10. The summed E-state index contributed by atoms with van der Waals surface area (Å²) in [5.41, 5.74) is 3.02. The quantitative estimate of drug-likeness (QED) is 0.296. The van der Waals surface area contributed by atoms with Crippen LogP contribution in [0.2, 0.25) is 0 Å². The Morgan fingerprint density at radius 2 is 2.55 bits per heavy atom. The van der Waals surface area contributed by atoms with Crippen LogP contribution in [0.5, 0.6) is 0 Å². The molecule has 0 atom stereocenters. The fourth-order valence-corrected chi connectivity index (χ4v) is 1.22. The third-order valence-electron chi connectivity index (χ3n) is 1.11.